The van der Waals surface area contributed by atoms with Gasteiger partial charge < -0.3 is 10.2 Å². The largest absolute Gasteiger partial charge is 0.318 e. The van der Waals surface area contributed by atoms with Crippen LogP contribution in [0.15, 0.2) is 0 Å². The summed E-state index contributed by atoms with van der Waals surface area (Å²) in [6.45, 7) is 11.7. The molecule has 0 heterocycles. The highest BCUT2D eigenvalue weighted by Crippen LogP contribution is 2.04. The number of hydrogen-bond donors (Lipinski definition) is 1. The lowest BCUT2D eigenvalue weighted by molar-refractivity contribution is 0.237. The van der Waals surface area contributed by atoms with Crippen molar-refractivity contribution in [3.63, 3.8) is 0 Å². The molecule has 0 aromatic rings. The first-order valence-corrected chi connectivity index (χ1v) is 5.61. The van der Waals surface area contributed by atoms with Crippen LogP contribution in [-0.4, -0.2) is 38.1 Å². The third-order valence-corrected chi connectivity index (χ3v) is 2.48. The molecule has 2 heteroatoms. The smallest absolute Gasteiger partial charge is 0.0107 e. The van der Waals surface area contributed by atoms with Crippen molar-refractivity contribution < 1.29 is 0 Å². The van der Waals surface area contributed by atoms with Gasteiger partial charge in [-0.25, -0.2) is 0 Å². The summed E-state index contributed by atoms with van der Waals surface area (Å²) in [7, 11) is 2.02. The number of nitrogens with zero attached hydrogens (tertiary/aromatic N) is 1. The molecule has 0 aliphatic rings. The van der Waals surface area contributed by atoms with Crippen LogP contribution in [0.4, 0.5) is 0 Å². The van der Waals surface area contributed by atoms with E-state index in [1.165, 1.54) is 32.5 Å². The zero-order valence-corrected chi connectivity index (χ0v) is 9.77. The molecule has 0 saturated carbocycles. The maximum absolute atomic E-state index is 3.21. The van der Waals surface area contributed by atoms with Crippen molar-refractivity contribution in [3.05, 3.63) is 0 Å². The van der Waals surface area contributed by atoms with Crippen molar-refractivity contribution in [2.75, 3.05) is 33.2 Å². The van der Waals surface area contributed by atoms with Crippen LogP contribution in [0, 0.1) is 5.92 Å². The van der Waals surface area contributed by atoms with Gasteiger partial charge >= 0.3 is 0 Å². The second-order valence-electron chi connectivity index (χ2n) is 3.92. The van der Waals surface area contributed by atoms with Gasteiger partial charge in [-0.15, -0.1) is 0 Å². The minimum Gasteiger partial charge on any atom is -0.318 e. The molecule has 0 saturated heterocycles. The molecule has 0 aromatic heterocycles. The molecule has 0 rings (SSSR count). The highest BCUT2D eigenvalue weighted by atomic mass is 15.1. The van der Waals surface area contributed by atoms with Gasteiger partial charge in [0.25, 0.3) is 0 Å². The summed E-state index contributed by atoms with van der Waals surface area (Å²) >= 11 is 0. The standard InChI is InChI=1S/C11H26N2/c1-5-8-13(9-7-12-4)10-11(3)6-2/h11-12H,5-10H2,1-4H3. The first-order chi connectivity index (χ1) is 6.24. The van der Waals surface area contributed by atoms with Crippen LogP contribution in [0.25, 0.3) is 0 Å². The summed E-state index contributed by atoms with van der Waals surface area (Å²) in [5.74, 6) is 0.836. The van der Waals surface area contributed by atoms with Gasteiger partial charge in [-0.2, -0.15) is 0 Å². The number of rotatable bonds is 8. The summed E-state index contributed by atoms with van der Waals surface area (Å²) in [5, 5.41) is 3.21. The Morgan fingerprint density at radius 3 is 2.38 bits per heavy atom. The normalized spacial score (nSPS) is 13.6. The molecule has 0 aliphatic heterocycles. The summed E-state index contributed by atoms with van der Waals surface area (Å²) < 4.78 is 0. The molecule has 0 fully saturated rings. The van der Waals surface area contributed by atoms with E-state index in [9.17, 15) is 0 Å². The van der Waals surface area contributed by atoms with E-state index < -0.39 is 0 Å². The van der Waals surface area contributed by atoms with Gasteiger partial charge in [-0.1, -0.05) is 27.2 Å². The fourth-order valence-electron chi connectivity index (χ4n) is 1.45. The second-order valence-corrected chi connectivity index (χ2v) is 3.92. The minimum atomic E-state index is 0.836. The quantitative estimate of drug-likeness (QED) is 0.623. The van der Waals surface area contributed by atoms with E-state index in [2.05, 4.69) is 31.0 Å². The van der Waals surface area contributed by atoms with Crippen molar-refractivity contribution in [2.45, 2.75) is 33.6 Å². The number of nitrogens with one attached hydrogen (secondary N) is 1. The molecule has 1 atom stereocenters. The van der Waals surface area contributed by atoms with Gasteiger partial charge in [0, 0.05) is 19.6 Å². The van der Waals surface area contributed by atoms with Crippen molar-refractivity contribution in [2.24, 2.45) is 5.92 Å². The molecular formula is C11H26N2. The maximum Gasteiger partial charge on any atom is 0.0107 e. The van der Waals surface area contributed by atoms with Gasteiger partial charge in [0.15, 0.2) is 0 Å². The molecule has 2 nitrogen and oxygen atoms in total. The summed E-state index contributed by atoms with van der Waals surface area (Å²) in [4.78, 5) is 2.56. The topological polar surface area (TPSA) is 15.3 Å². The van der Waals surface area contributed by atoms with Crippen LogP contribution in [-0.2, 0) is 0 Å². The second kappa shape index (κ2) is 8.52. The van der Waals surface area contributed by atoms with E-state index >= 15 is 0 Å². The van der Waals surface area contributed by atoms with Crippen molar-refractivity contribution in [3.8, 4) is 0 Å². The fourth-order valence-corrected chi connectivity index (χ4v) is 1.45. The highest BCUT2D eigenvalue weighted by molar-refractivity contribution is 4.62. The van der Waals surface area contributed by atoms with Crippen LogP contribution in [0.5, 0.6) is 0 Å². The Labute approximate surface area is 83.7 Å². The molecule has 80 valence electrons. The lowest BCUT2D eigenvalue weighted by atomic mass is 10.1. The lowest BCUT2D eigenvalue weighted by Gasteiger charge is -2.24. The monoisotopic (exact) mass is 186 g/mol. The molecule has 1 unspecified atom stereocenters. The van der Waals surface area contributed by atoms with Gasteiger partial charge in [0.2, 0.25) is 0 Å². The Kier molecular flexibility index (Phi) is 8.46. The van der Waals surface area contributed by atoms with Crippen LogP contribution >= 0.6 is 0 Å². The summed E-state index contributed by atoms with van der Waals surface area (Å²) in [6.07, 6.45) is 2.56. The Hall–Kier alpha value is -0.0800. The van der Waals surface area contributed by atoms with Crippen LogP contribution in [0.3, 0.4) is 0 Å². The third-order valence-electron chi connectivity index (χ3n) is 2.48. The Morgan fingerprint density at radius 2 is 1.92 bits per heavy atom. The van der Waals surface area contributed by atoms with Crippen molar-refractivity contribution in [1.82, 2.24) is 10.2 Å². The molecule has 1 N–H and O–H groups in total. The van der Waals surface area contributed by atoms with Crippen LogP contribution in [0.2, 0.25) is 0 Å². The van der Waals surface area contributed by atoms with Gasteiger partial charge in [-0.05, 0) is 25.9 Å². The molecule has 0 aromatic carbocycles. The first kappa shape index (κ1) is 12.9. The average Bonchev–Trinajstić information content (AvgIpc) is 2.14. The zero-order valence-electron chi connectivity index (χ0n) is 9.77. The molecule has 0 amide bonds. The van der Waals surface area contributed by atoms with E-state index in [-0.39, 0.29) is 0 Å². The Morgan fingerprint density at radius 1 is 1.23 bits per heavy atom. The van der Waals surface area contributed by atoms with E-state index in [4.69, 9.17) is 0 Å². The van der Waals surface area contributed by atoms with E-state index in [0.717, 1.165) is 12.5 Å². The minimum absolute atomic E-state index is 0.836. The number of likely N-dealkylation sites (N-methyl/N-ethyl adjacent to an activating group) is 1. The lowest BCUT2D eigenvalue weighted by Crippen LogP contribution is -2.34. The van der Waals surface area contributed by atoms with Crippen LogP contribution in [0.1, 0.15) is 33.6 Å². The number of hydrogen-bond acceptors (Lipinski definition) is 2. The maximum atomic E-state index is 3.21. The van der Waals surface area contributed by atoms with Crippen molar-refractivity contribution in [1.29, 1.82) is 0 Å². The molecule has 13 heavy (non-hydrogen) atoms. The van der Waals surface area contributed by atoms with Crippen LogP contribution < -0.4 is 5.32 Å². The molecule has 0 spiro atoms. The third kappa shape index (κ3) is 7.03. The van der Waals surface area contributed by atoms with E-state index in [1.807, 2.05) is 7.05 Å². The zero-order chi connectivity index (χ0) is 10.1. The summed E-state index contributed by atoms with van der Waals surface area (Å²) in [6, 6.07) is 0. The highest BCUT2D eigenvalue weighted by Gasteiger charge is 2.06. The van der Waals surface area contributed by atoms with E-state index in [1.54, 1.807) is 0 Å². The molecule has 0 aliphatic carbocycles. The predicted octanol–water partition coefficient (Wildman–Crippen LogP) is 1.96. The first-order valence-electron chi connectivity index (χ1n) is 5.61. The van der Waals surface area contributed by atoms with Crippen molar-refractivity contribution >= 4 is 0 Å². The fraction of sp³-hybridized carbons (Fsp3) is 1.00. The van der Waals surface area contributed by atoms with Gasteiger partial charge in [-0.3, -0.25) is 0 Å². The Balaban J connectivity index is 3.65. The summed E-state index contributed by atoms with van der Waals surface area (Å²) in [5.41, 5.74) is 0. The Bertz CT molecular complexity index is 104. The van der Waals surface area contributed by atoms with E-state index in [0.29, 0.717) is 0 Å². The molecular weight excluding hydrogens is 160 g/mol. The van der Waals surface area contributed by atoms with Gasteiger partial charge in [0.1, 0.15) is 0 Å². The molecule has 0 bridgehead atoms. The predicted molar refractivity (Wildman–Crippen MR) is 60.1 cm³/mol. The van der Waals surface area contributed by atoms with Gasteiger partial charge in [0.05, 0.1) is 0 Å². The SMILES string of the molecule is CCCN(CCNC)CC(C)CC. The molecule has 0 radical (unpaired) electrons. The average molecular weight is 186 g/mol.